The Labute approximate surface area is 67.4 Å². The Morgan fingerprint density at radius 2 is 2.00 bits per heavy atom. The Bertz CT molecular complexity index is 262. The first-order valence-electron chi connectivity index (χ1n) is 2.92. The molecule has 0 saturated heterocycles. The summed E-state index contributed by atoms with van der Waals surface area (Å²) in [6.07, 6.45) is 0. The van der Waals surface area contributed by atoms with Crippen LogP contribution in [-0.2, 0) is 0 Å². The van der Waals surface area contributed by atoms with Crippen LogP contribution in [0.25, 0.3) is 0 Å². The summed E-state index contributed by atoms with van der Waals surface area (Å²) in [5.74, 6) is 0. The molecule has 0 aliphatic carbocycles. The Kier molecular flexibility index (Phi) is 2.10. The zero-order valence-corrected chi connectivity index (χ0v) is 5.57. The quantitative estimate of drug-likeness (QED) is 0.312. The predicted molar refractivity (Wildman–Crippen MR) is 38.5 cm³/mol. The van der Waals surface area contributed by atoms with Gasteiger partial charge in [0.05, 0.1) is 0 Å². The molecule has 0 spiro atoms. The van der Waals surface area contributed by atoms with E-state index in [1.54, 1.807) is 35.9 Å². The van der Waals surface area contributed by atoms with E-state index in [0.717, 1.165) is 0 Å². The molecule has 0 radical (unpaired) electrons. The van der Waals surface area contributed by atoms with Crippen LogP contribution in [0.4, 0.5) is 5.69 Å². The molecule has 0 atom stereocenters. The summed E-state index contributed by atoms with van der Waals surface area (Å²) in [4.78, 5) is 9.85. The molecule has 0 aliphatic heterocycles. The number of para-hydroxylation sites is 1. The number of nitrogens with zero attached hydrogens (tertiary/aromatic N) is 1. The predicted octanol–water partition coefficient (Wildman–Crippen LogP) is 0.389. The van der Waals surface area contributed by atoms with E-state index in [0.29, 0.717) is 4.24 Å². The summed E-state index contributed by atoms with van der Waals surface area (Å²) in [7, 11) is 0. The summed E-state index contributed by atoms with van der Waals surface area (Å²) >= 11 is 1.72. The zero-order chi connectivity index (χ0) is 7.56. The summed E-state index contributed by atoms with van der Waals surface area (Å²) in [6, 6.07) is 6.65. The van der Waals surface area contributed by atoms with E-state index in [9.17, 15) is 10.1 Å². The van der Waals surface area contributed by atoms with Crippen molar-refractivity contribution >= 4 is 27.6 Å². The van der Waals surface area contributed by atoms with Crippen molar-refractivity contribution in [1.29, 1.82) is 0 Å². The van der Waals surface area contributed by atoms with Crippen molar-refractivity contribution in [3.05, 3.63) is 34.4 Å². The minimum atomic E-state index is -0.380. The van der Waals surface area contributed by atoms with Gasteiger partial charge in [0, 0.05) is 0 Å². The van der Waals surface area contributed by atoms with Crippen LogP contribution in [0.2, 0.25) is 0 Å². The van der Waals surface area contributed by atoms with E-state index in [2.05, 4.69) is 0 Å². The van der Waals surface area contributed by atoms with E-state index >= 15 is 0 Å². The molecule has 0 saturated carbocycles. The fourth-order valence-electron chi connectivity index (χ4n) is 0.768. The van der Waals surface area contributed by atoms with Gasteiger partial charge in [0.2, 0.25) is 0 Å². The molecule has 0 amide bonds. The number of nitro benzene ring substituents is 1. The summed E-state index contributed by atoms with van der Waals surface area (Å²) in [5, 5.41) is 10.2. The van der Waals surface area contributed by atoms with Gasteiger partial charge in [-0.3, -0.25) is 0 Å². The normalized spacial score (nSPS) is 9.40. The second-order valence-corrected chi connectivity index (χ2v) is 2.04. The number of rotatable bonds is 1. The fourth-order valence-corrected chi connectivity index (χ4v) is 0.768. The van der Waals surface area contributed by atoms with E-state index in [1.165, 1.54) is 6.07 Å². The van der Waals surface area contributed by atoms with Gasteiger partial charge in [-0.05, 0) is 0 Å². The first kappa shape index (κ1) is 7.33. The SMILES string of the molecule is [Li][c]1ccccc1[N+](=O)[O-]. The summed E-state index contributed by atoms with van der Waals surface area (Å²) in [5.41, 5.74) is 0.183. The van der Waals surface area contributed by atoms with E-state index in [-0.39, 0.29) is 10.6 Å². The standard InChI is InChI=1S/C6H4NO2.Li/c8-7(9)6-4-2-1-3-5-6;/h1-4H;. The van der Waals surface area contributed by atoms with Crippen molar-refractivity contribution in [2.24, 2.45) is 0 Å². The fraction of sp³-hybridized carbons (Fsp3) is 0. The van der Waals surface area contributed by atoms with E-state index in [4.69, 9.17) is 0 Å². The van der Waals surface area contributed by atoms with Crippen molar-refractivity contribution in [2.45, 2.75) is 0 Å². The monoisotopic (exact) mass is 129 g/mol. The minimum absolute atomic E-state index is 0.183. The Hall–Kier alpha value is -0.783. The molecule has 1 aromatic rings. The molecule has 0 bridgehead atoms. The molecule has 3 nitrogen and oxygen atoms in total. The summed E-state index contributed by atoms with van der Waals surface area (Å²) in [6.45, 7) is 0. The molecule has 4 heteroatoms. The van der Waals surface area contributed by atoms with Gasteiger partial charge in [-0.15, -0.1) is 0 Å². The van der Waals surface area contributed by atoms with Crippen molar-refractivity contribution in [3.8, 4) is 0 Å². The van der Waals surface area contributed by atoms with Crippen LogP contribution in [0.5, 0.6) is 0 Å². The first-order valence-corrected chi connectivity index (χ1v) is 2.92. The van der Waals surface area contributed by atoms with Gasteiger partial charge >= 0.3 is 66.9 Å². The molecule has 0 fully saturated rings. The third-order valence-electron chi connectivity index (χ3n) is 1.31. The topological polar surface area (TPSA) is 43.1 Å². The van der Waals surface area contributed by atoms with Crippen LogP contribution in [-0.4, -0.2) is 22.6 Å². The third-order valence-corrected chi connectivity index (χ3v) is 1.31. The molecule has 0 aromatic heterocycles. The molecule has 1 aromatic carbocycles. The molecule has 1 rings (SSSR count). The maximum atomic E-state index is 10.2. The Balaban J connectivity index is 3.15. The van der Waals surface area contributed by atoms with Gasteiger partial charge in [0.1, 0.15) is 0 Å². The number of benzene rings is 1. The first-order chi connectivity index (χ1) is 4.72. The van der Waals surface area contributed by atoms with Crippen LogP contribution in [0, 0.1) is 10.1 Å². The van der Waals surface area contributed by atoms with E-state index in [1.807, 2.05) is 0 Å². The zero-order valence-electron chi connectivity index (χ0n) is 5.57. The molecular formula is C6H4LiNO2. The van der Waals surface area contributed by atoms with Gasteiger partial charge in [-0.25, -0.2) is 0 Å². The number of nitro groups is 1. The van der Waals surface area contributed by atoms with Gasteiger partial charge < -0.3 is 0 Å². The van der Waals surface area contributed by atoms with Crippen LogP contribution in [0.3, 0.4) is 0 Å². The third kappa shape index (κ3) is 1.38. The summed E-state index contributed by atoms with van der Waals surface area (Å²) < 4.78 is 0.701. The van der Waals surface area contributed by atoms with Crippen molar-refractivity contribution in [1.82, 2.24) is 0 Å². The molecular weight excluding hydrogens is 125 g/mol. The van der Waals surface area contributed by atoms with Crippen LogP contribution in [0.1, 0.15) is 0 Å². The van der Waals surface area contributed by atoms with E-state index < -0.39 is 0 Å². The van der Waals surface area contributed by atoms with Gasteiger partial charge in [-0.2, -0.15) is 0 Å². The van der Waals surface area contributed by atoms with Gasteiger partial charge in [-0.1, -0.05) is 0 Å². The van der Waals surface area contributed by atoms with Crippen LogP contribution in [0.15, 0.2) is 24.3 Å². The van der Waals surface area contributed by atoms with Crippen LogP contribution >= 0.6 is 0 Å². The molecule has 0 N–H and O–H groups in total. The second-order valence-electron chi connectivity index (χ2n) is 2.04. The Morgan fingerprint density at radius 3 is 2.40 bits per heavy atom. The Morgan fingerprint density at radius 1 is 1.40 bits per heavy atom. The molecule has 0 heterocycles. The van der Waals surface area contributed by atoms with Crippen molar-refractivity contribution < 1.29 is 4.92 Å². The van der Waals surface area contributed by atoms with Crippen LogP contribution < -0.4 is 4.24 Å². The van der Waals surface area contributed by atoms with Gasteiger partial charge in [0.25, 0.3) is 0 Å². The number of hydrogen-bond acceptors (Lipinski definition) is 2. The number of hydrogen-bond donors (Lipinski definition) is 0. The molecule has 0 unspecified atom stereocenters. The van der Waals surface area contributed by atoms with Gasteiger partial charge in [0.15, 0.2) is 0 Å². The second kappa shape index (κ2) is 2.87. The van der Waals surface area contributed by atoms with Crippen molar-refractivity contribution in [2.75, 3.05) is 0 Å². The molecule has 0 aliphatic rings. The maximum absolute atomic E-state index is 10.2. The average molecular weight is 129 g/mol. The molecule has 46 valence electrons. The average Bonchev–Trinajstić information content (AvgIpc) is 1.88. The molecule has 10 heavy (non-hydrogen) atoms. The van der Waals surface area contributed by atoms with Crippen molar-refractivity contribution in [3.63, 3.8) is 0 Å².